The molecule has 0 heterocycles. The van der Waals surface area contributed by atoms with Gasteiger partial charge in [0, 0.05) is 5.56 Å². The van der Waals surface area contributed by atoms with Crippen LogP contribution in [0.2, 0.25) is 0 Å². The Balaban J connectivity index is 1.46. The Morgan fingerprint density at radius 3 is 2.29 bits per heavy atom. The van der Waals surface area contributed by atoms with E-state index in [1.54, 1.807) is 0 Å². The van der Waals surface area contributed by atoms with Crippen LogP contribution in [0.3, 0.4) is 0 Å². The van der Waals surface area contributed by atoms with Gasteiger partial charge in [-0.1, -0.05) is 55.5 Å². The zero-order chi connectivity index (χ0) is 19.6. The third-order valence-corrected chi connectivity index (χ3v) is 5.60. The summed E-state index contributed by atoms with van der Waals surface area (Å²) in [6.45, 7) is 4.93. The Hall–Kier alpha value is -2.46. The molecule has 2 aromatic carbocycles. The van der Waals surface area contributed by atoms with E-state index in [1.807, 2.05) is 37.3 Å². The zero-order valence-electron chi connectivity index (χ0n) is 17.3. The van der Waals surface area contributed by atoms with Crippen LogP contribution in [-0.4, -0.2) is 6.61 Å². The van der Waals surface area contributed by atoms with E-state index in [9.17, 15) is 0 Å². The summed E-state index contributed by atoms with van der Waals surface area (Å²) >= 11 is 0. The lowest BCUT2D eigenvalue weighted by Gasteiger charge is -2.27. The monoisotopic (exact) mass is 372 g/mol. The molecule has 0 unspecified atom stereocenters. The van der Waals surface area contributed by atoms with Crippen molar-refractivity contribution in [2.75, 3.05) is 6.61 Å². The molecular formula is C27H32O. The fraction of sp³-hybridized carbons (Fsp3) is 0.407. The quantitative estimate of drug-likeness (QED) is 0.500. The van der Waals surface area contributed by atoms with Crippen LogP contribution in [0.5, 0.6) is 5.75 Å². The molecule has 0 atom stereocenters. The summed E-state index contributed by atoms with van der Waals surface area (Å²) in [5.74, 6) is 8.71. The van der Waals surface area contributed by atoms with Crippen LogP contribution in [-0.2, 0) is 6.42 Å². The van der Waals surface area contributed by atoms with Crippen LogP contribution in [0, 0.1) is 17.8 Å². The van der Waals surface area contributed by atoms with Gasteiger partial charge in [-0.25, -0.2) is 0 Å². The predicted octanol–water partition coefficient (Wildman–Crippen LogP) is 6.92. The second-order valence-corrected chi connectivity index (χ2v) is 7.69. The van der Waals surface area contributed by atoms with Crippen molar-refractivity contribution >= 4 is 0 Å². The summed E-state index contributed by atoms with van der Waals surface area (Å²) in [6, 6.07) is 17.3. The molecule has 146 valence electrons. The maximum atomic E-state index is 5.46. The van der Waals surface area contributed by atoms with Crippen molar-refractivity contribution in [2.45, 2.75) is 58.3 Å². The minimum absolute atomic E-state index is 0.672. The molecule has 0 radical (unpaired) electrons. The predicted molar refractivity (Wildman–Crippen MR) is 119 cm³/mol. The molecule has 2 aromatic rings. The molecule has 28 heavy (non-hydrogen) atoms. The van der Waals surface area contributed by atoms with E-state index in [0.717, 1.165) is 17.2 Å². The van der Waals surface area contributed by atoms with Crippen molar-refractivity contribution in [3.05, 3.63) is 77.4 Å². The molecule has 1 aliphatic carbocycles. The highest BCUT2D eigenvalue weighted by atomic mass is 16.5. The number of rotatable bonds is 6. The van der Waals surface area contributed by atoms with E-state index in [-0.39, 0.29) is 0 Å². The van der Waals surface area contributed by atoms with Crippen LogP contribution in [0.1, 0.15) is 68.6 Å². The molecular weight excluding hydrogens is 340 g/mol. The molecule has 1 fully saturated rings. The van der Waals surface area contributed by atoms with Crippen molar-refractivity contribution in [3.8, 4) is 17.6 Å². The van der Waals surface area contributed by atoms with Gasteiger partial charge < -0.3 is 4.74 Å². The Morgan fingerprint density at radius 2 is 1.64 bits per heavy atom. The van der Waals surface area contributed by atoms with E-state index in [2.05, 4.69) is 49.1 Å². The molecule has 0 amide bonds. The maximum Gasteiger partial charge on any atom is 0.119 e. The van der Waals surface area contributed by atoms with Crippen LogP contribution >= 0.6 is 0 Å². The van der Waals surface area contributed by atoms with Gasteiger partial charge >= 0.3 is 0 Å². The molecule has 1 saturated carbocycles. The first-order chi connectivity index (χ1) is 13.8. The van der Waals surface area contributed by atoms with Gasteiger partial charge in [0.05, 0.1) is 6.61 Å². The minimum Gasteiger partial charge on any atom is -0.494 e. The summed E-state index contributed by atoms with van der Waals surface area (Å²) in [7, 11) is 0. The number of aryl methyl sites for hydroxylation is 1. The normalized spacial score (nSPS) is 19.2. The van der Waals surface area contributed by atoms with Crippen molar-refractivity contribution in [3.63, 3.8) is 0 Å². The molecule has 0 saturated heterocycles. The lowest BCUT2D eigenvalue weighted by Crippen LogP contribution is -2.11. The van der Waals surface area contributed by atoms with Crippen LogP contribution in [0.25, 0.3) is 0 Å². The third-order valence-electron chi connectivity index (χ3n) is 5.60. The number of benzene rings is 2. The first-order valence-electron chi connectivity index (χ1n) is 10.8. The van der Waals surface area contributed by atoms with Crippen LogP contribution < -0.4 is 4.74 Å². The molecule has 0 aliphatic heterocycles. The first kappa shape index (κ1) is 20.3. The van der Waals surface area contributed by atoms with E-state index in [0.29, 0.717) is 12.5 Å². The van der Waals surface area contributed by atoms with Gasteiger partial charge in [0.15, 0.2) is 0 Å². The van der Waals surface area contributed by atoms with Crippen molar-refractivity contribution < 1.29 is 4.74 Å². The van der Waals surface area contributed by atoms with Crippen molar-refractivity contribution in [1.82, 2.24) is 0 Å². The summed E-state index contributed by atoms with van der Waals surface area (Å²) in [6.07, 6.45) is 11.9. The van der Waals surface area contributed by atoms with E-state index in [4.69, 9.17) is 4.74 Å². The lowest BCUT2D eigenvalue weighted by atomic mass is 9.78. The highest BCUT2D eigenvalue weighted by Gasteiger charge is 2.20. The molecule has 0 N–H and O–H groups in total. The molecule has 3 rings (SSSR count). The Labute approximate surface area is 170 Å². The summed E-state index contributed by atoms with van der Waals surface area (Å²) in [5, 5.41) is 0. The number of hydrogen-bond acceptors (Lipinski definition) is 1. The maximum absolute atomic E-state index is 5.46. The van der Waals surface area contributed by atoms with Gasteiger partial charge in [-0.05, 0) is 92.3 Å². The average molecular weight is 373 g/mol. The minimum atomic E-state index is 0.672. The number of ether oxygens (including phenoxy) is 1. The summed E-state index contributed by atoms with van der Waals surface area (Å²) in [4.78, 5) is 0. The summed E-state index contributed by atoms with van der Waals surface area (Å²) < 4.78 is 5.46. The lowest BCUT2D eigenvalue weighted by molar-refractivity contribution is 0.340. The van der Waals surface area contributed by atoms with Gasteiger partial charge in [0.2, 0.25) is 0 Å². The van der Waals surface area contributed by atoms with Crippen molar-refractivity contribution in [1.29, 1.82) is 0 Å². The number of allylic oxidation sites excluding steroid dienone is 2. The van der Waals surface area contributed by atoms with E-state index < -0.39 is 0 Å². The second kappa shape index (κ2) is 10.8. The van der Waals surface area contributed by atoms with Crippen LogP contribution in [0.15, 0.2) is 60.7 Å². The largest absolute Gasteiger partial charge is 0.494 e. The average Bonchev–Trinajstić information content (AvgIpc) is 2.74. The zero-order valence-corrected chi connectivity index (χ0v) is 17.3. The second-order valence-electron chi connectivity index (χ2n) is 7.69. The SMILES string of the molecule is CCCc1ccc(C2CCC(C=CC#Cc3ccc(OCC)cc3)CC2)cc1. The topological polar surface area (TPSA) is 9.23 Å². The Kier molecular flexibility index (Phi) is 7.80. The van der Waals surface area contributed by atoms with E-state index >= 15 is 0 Å². The molecule has 1 nitrogen and oxygen atoms in total. The highest BCUT2D eigenvalue weighted by molar-refractivity contribution is 5.40. The molecule has 1 aliphatic rings. The molecule has 0 bridgehead atoms. The van der Waals surface area contributed by atoms with Gasteiger partial charge in [-0.3, -0.25) is 0 Å². The molecule has 0 aromatic heterocycles. The molecule has 1 heteroatoms. The van der Waals surface area contributed by atoms with E-state index in [1.165, 1.54) is 49.7 Å². The fourth-order valence-corrected chi connectivity index (χ4v) is 4.00. The van der Waals surface area contributed by atoms with Gasteiger partial charge in [-0.15, -0.1) is 0 Å². The van der Waals surface area contributed by atoms with Gasteiger partial charge in [0.1, 0.15) is 5.75 Å². The first-order valence-corrected chi connectivity index (χ1v) is 10.8. The van der Waals surface area contributed by atoms with Crippen molar-refractivity contribution in [2.24, 2.45) is 5.92 Å². The third kappa shape index (κ3) is 6.03. The Bertz CT molecular complexity index is 794. The Morgan fingerprint density at radius 1 is 0.929 bits per heavy atom. The number of hydrogen-bond donors (Lipinski definition) is 0. The van der Waals surface area contributed by atoms with Gasteiger partial charge in [0.25, 0.3) is 0 Å². The smallest absolute Gasteiger partial charge is 0.119 e. The fourth-order valence-electron chi connectivity index (χ4n) is 4.00. The highest BCUT2D eigenvalue weighted by Crippen LogP contribution is 2.36. The molecule has 0 spiro atoms. The standard InChI is InChI=1S/C27H32O/c1-3-7-22-10-16-25(17-11-22)26-18-12-23(13-19-26)8-5-6-9-24-14-20-27(21-15-24)28-4-2/h5,8,10-11,14-17,20-21,23,26H,3-4,7,12-13,18-19H2,1-2H3. The van der Waals surface area contributed by atoms with Gasteiger partial charge in [-0.2, -0.15) is 0 Å². The summed E-state index contributed by atoms with van der Waals surface area (Å²) in [5.41, 5.74) is 4.02. The van der Waals surface area contributed by atoms with Crippen LogP contribution in [0.4, 0.5) is 0 Å².